The molecule has 0 fully saturated rings. The van der Waals surface area contributed by atoms with Crippen molar-refractivity contribution < 1.29 is 28.6 Å². The number of rotatable bonds is 48. The molecule has 59 heavy (non-hydrogen) atoms. The molecule has 0 aliphatic carbocycles. The molecular weight excluding hydrogens is 733 g/mol. The lowest BCUT2D eigenvalue weighted by Gasteiger charge is -2.18. The molecule has 0 aliphatic rings. The van der Waals surface area contributed by atoms with E-state index < -0.39 is 6.10 Å². The zero-order valence-corrected chi connectivity index (χ0v) is 40.2. The van der Waals surface area contributed by atoms with Crippen molar-refractivity contribution in [2.45, 2.75) is 303 Å². The monoisotopic (exact) mass is 835 g/mol. The molecule has 0 spiro atoms. The zero-order chi connectivity index (χ0) is 43.1. The summed E-state index contributed by atoms with van der Waals surface area (Å²) in [6.45, 7) is 9.03. The molecule has 0 N–H and O–H groups in total. The van der Waals surface area contributed by atoms with Crippen LogP contribution in [0.25, 0.3) is 0 Å². The van der Waals surface area contributed by atoms with Gasteiger partial charge in [0.1, 0.15) is 13.2 Å². The molecule has 0 amide bonds. The first-order valence-electron chi connectivity index (χ1n) is 26.4. The molecule has 0 saturated heterocycles. The number of hydrogen-bond donors (Lipinski definition) is 0. The topological polar surface area (TPSA) is 78.9 Å². The first-order valence-corrected chi connectivity index (χ1v) is 26.4. The molecule has 0 aromatic heterocycles. The Bertz CT molecular complexity index is 887. The van der Waals surface area contributed by atoms with Crippen LogP contribution in [0.5, 0.6) is 0 Å². The summed E-state index contributed by atoms with van der Waals surface area (Å²) in [6, 6.07) is 0. The minimum absolute atomic E-state index is 0.0625. The summed E-state index contributed by atoms with van der Waals surface area (Å²) in [5, 5.41) is 0. The summed E-state index contributed by atoms with van der Waals surface area (Å²) in [5.74, 6) is -0.00550. The fourth-order valence-electron chi connectivity index (χ4n) is 8.04. The van der Waals surface area contributed by atoms with Crippen molar-refractivity contribution in [1.29, 1.82) is 0 Å². The predicted octanol–water partition coefficient (Wildman–Crippen LogP) is 17.1. The second-order valence-corrected chi connectivity index (χ2v) is 18.6. The summed E-state index contributed by atoms with van der Waals surface area (Å²) in [6.07, 6.45) is 49.4. The predicted molar refractivity (Wildman–Crippen MR) is 252 cm³/mol. The SMILES string of the molecule is CCCCCCCCCCCCCCCCCC(=O)OC[C@@H](COC(=O)CCCCCCCCCCCC)OC(=O)CCCCCCCCCCCCCCCC(C)C. The highest BCUT2D eigenvalue weighted by atomic mass is 16.6. The summed E-state index contributed by atoms with van der Waals surface area (Å²) in [4.78, 5) is 37.9. The highest BCUT2D eigenvalue weighted by Gasteiger charge is 2.19. The summed E-state index contributed by atoms with van der Waals surface area (Å²) in [5.41, 5.74) is 0. The summed E-state index contributed by atoms with van der Waals surface area (Å²) < 4.78 is 16.8. The van der Waals surface area contributed by atoms with Crippen LogP contribution in [-0.4, -0.2) is 37.2 Å². The molecule has 0 radical (unpaired) electrons. The van der Waals surface area contributed by atoms with Crippen molar-refractivity contribution >= 4 is 17.9 Å². The van der Waals surface area contributed by atoms with Gasteiger partial charge in [0.05, 0.1) is 0 Å². The lowest BCUT2D eigenvalue weighted by atomic mass is 10.0. The Morgan fingerprint density at radius 2 is 0.559 bits per heavy atom. The average Bonchev–Trinajstić information content (AvgIpc) is 3.22. The Kier molecular flexibility index (Phi) is 46.2. The van der Waals surface area contributed by atoms with Gasteiger partial charge >= 0.3 is 17.9 Å². The smallest absolute Gasteiger partial charge is 0.306 e. The van der Waals surface area contributed by atoms with Gasteiger partial charge in [-0.2, -0.15) is 0 Å². The zero-order valence-electron chi connectivity index (χ0n) is 40.2. The van der Waals surface area contributed by atoms with Crippen molar-refractivity contribution in [2.75, 3.05) is 13.2 Å². The van der Waals surface area contributed by atoms with Crippen molar-refractivity contribution in [2.24, 2.45) is 5.92 Å². The van der Waals surface area contributed by atoms with Gasteiger partial charge < -0.3 is 14.2 Å². The van der Waals surface area contributed by atoms with Gasteiger partial charge in [-0.05, 0) is 25.2 Å². The number of carbonyl (C=O) groups excluding carboxylic acids is 3. The van der Waals surface area contributed by atoms with E-state index in [2.05, 4.69) is 27.7 Å². The molecule has 0 heterocycles. The Balaban J connectivity index is 4.28. The van der Waals surface area contributed by atoms with E-state index in [1.807, 2.05) is 0 Å². The van der Waals surface area contributed by atoms with E-state index in [4.69, 9.17) is 14.2 Å². The van der Waals surface area contributed by atoms with Crippen LogP contribution in [0.1, 0.15) is 297 Å². The molecule has 6 heteroatoms. The minimum Gasteiger partial charge on any atom is -0.462 e. The summed E-state index contributed by atoms with van der Waals surface area (Å²) >= 11 is 0. The number of hydrogen-bond acceptors (Lipinski definition) is 6. The van der Waals surface area contributed by atoms with Crippen molar-refractivity contribution in [3.8, 4) is 0 Å². The second-order valence-electron chi connectivity index (χ2n) is 18.6. The number of esters is 3. The molecule has 0 saturated carbocycles. The van der Waals surface area contributed by atoms with Crippen LogP contribution >= 0.6 is 0 Å². The van der Waals surface area contributed by atoms with E-state index in [9.17, 15) is 14.4 Å². The number of carbonyl (C=O) groups is 3. The quantitative estimate of drug-likeness (QED) is 0.0345. The molecule has 6 nitrogen and oxygen atoms in total. The van der Waals surface area contributed by atoms with E-state index in [1.165, 1.54) is 193 Å². The Hall–Kier alpha value is -1.59. The molecule has 0 aromatic carbocycles. The van der Waals surface area contributed by atoms with Gasteiger partial charge in [-0.1, -0.05) is 259 Å². The maximum atomic E-state index is 12.8. The first-order chi connectivity index (χ1) is 28.9. The molecular formula is C53H102O6. The van der Waals surface area contributed by atoms with E-state index in [-0.39, 0.29) is 31.1 Å². The molecule has 0 unspecified atom stereocenters. The van der Waals surface area contributed by atoms with Gasteiger partial charge in [0.15, 0.2) is 6.10 Å². The third kappa shape index (κ3) is 47.3. The van der Waals surface area contributed by atoms with Crippen molar-refractivity contribution in [3.05, 3.63) is 0 Å². The Morgan fingerprint density at radius 3 is 0.831 bits per heavy atom. The highest BCUT2D eigenvalue weighted by Crippen LogP contribution is 2.17. The molecule has 1 atom stereocenters. The van der Waals surface area contributed by atoms with E-state index in [0.717, 1.165) is 63.7 Å². The van der Waals surface area contributed by atoms with Crippen molar-refractivity contribution in [1.82, 2.24) is 0 Å². The lowest BCUT2D eigenvalue weighted by molar-refractivity contribution is -0.167. The molecule has 350 valence electrons. The van der Waals surface area contributed by atoms with Crippen LogP contribution in [0.15, 0.2) is 0 Å². The fourth-order valence-corrected chi connectivity index (χ4v) is 8.04. The van der Waals surface area contributed by atoms with Crippen LogP contribution in [0.4, 0.5) is 0 Å². The standard InChI is InChI=1S/C53H102O6/c1-5-7-9-11-13-15-17-18-19-22-25-29-33-37-41-45-52(55)58-48-50(47-57-51(54)44-40-36-32-28-16-14-12-10-8-6-2)59-53(56)46-42-38-34-30-26-23-20-21-24-27-31-35-39-43-49(3)4/h49-50H,5-48H2,1-4H3/t50-/m1/s1. The van der Waals surface area contributed by atoms with E-state index in [0.29, 0.717) is 19.3 Å². The normalized spacial score (nSPS) is 11.9. The van der Waals surface area contributed by atoms with Crippen LogP contribution in [-0.2, 0) is 28.6 Å². The first kappa shape index (κ1) is 57.4. The van der Waals surface area contributed by atoms with Gasteiger partial charge in [-0.25, -0.2) is 0 Å². The number of ether oxygens (including phenoxy) is 3. The molecule has 0 aromatic rings. The maximum absolute atomic E-state index is 12.8. The van der Waals surface area contributed by atoms with Crippen LogP contribution in [0.3, 0.4) is 0 Å². The average molecular weight is 835 g/mol. The van der Waals surface area contributed by atoms with Gasteiger partial charge in [0.25, 0.3) is 0 Å². The minimum atomic E-state index is -0.760. The lowest BCUT2D eigenvalue weighted by Crippen LogP contribution is -2.30. The molecule has 0 aliphatic heterocycles. The van der Waals surface area contributed by atoms with Gasteiger partial charge in [0.2, 0.25) is 0 Å². The Labute approximate surface area is 368 Å². The fraction of sp³-hybridized carbons (Fsp3) is 0.943. The third-order valence-electron chi connectivity index (χ3n) is 12.0. The third-order valence-corrected chi connectivity index (χ3v) is 12.0. The molecule has 0 bridgehead atoms. The highest BCUT2D eigenvalue weighted by molar-refractivity contribution is 5.71. The van der Waals surface area contributed by atoms with Gasteiger partial charge in [-0.15, -0.1) is 0 Å². The van der Waals surface area contributed by atoms with Crippen LogP contribution in [0.2, 0.25) is 0 Å². The molecule has 0 rings (SSSR count). The van der Waals surface area contributed by atoms with Crippen LogP contribution in [0, 0.1) is 5.92 Å². The Morgan fingerprint density at radius 1 is 0.322 bits per heavy atom. The van der Waals surface area contributed by atoms with Gasteiger partial charge in [0, 0.05) is 19.3 Å². The number of unbranched alkanes of at least 4 members (excludes halogenated alkanes) is 35. The van der Waals surface area contributed by atoms with E-state index >= 15 is 0 Å². The largest absolute Gasteiger partial charge is 0.462 e. The van der Waals surface area contributed by atoms with Crippen molar-refractivity contribution in [3.63, 3.8) is 0 Å². The second kappa shape index (κ2) is 47.5. The van der Waals surface area contributed by atoms with Gasteiger partial charge in [-0.3, -0.25) is 14.4 Å². The van der Waals surface area contributed by atoms with E-state index in [1.54, 1.807) is 0 Å². The summed E-state index contributed by atoms with van der Waals surface area (Å²) in [7, 11) is 0. The van der Waals surface area contributed by atoms with Crippen LogP contribution < -0.4 is 0 Å². The maximum Gasteiger partial charge on any atom is 0.306 e.